The third kappa shape index (κ3) is 3.62. The summed E-state index contributed by atoms with van der Waals surface area (Å²) >= 11 is 0. The van der Waals surface area contributed by atoms with Gasteiger partial charge in [0, 0.05) is 12.1 Å². The SMILES string of the molecule is CC1(C)OB(c2cccc(C3=Nc4ccc([N+](=O)[O-])cc4NC(=O)C3)c2)OC1(C)C. The first-order valence-corrected chi connectivity index (χ1v) is 9.67. The van der Waals surface area contributed by atoms with Crippen LogP contribution in [0.1, 0.15) is 39.7 Å². The maximum Gasteiger partial charge on any atom is 0.494 e. The topological polar surface area (TPSA) is 103 Å². The number of nitrogens with one attached hydrogen (secondary N) is 1. The Balaban J connectivity index is 1.70. The molecule has 1 fully saturated rings. The molecule has 2 aromatic carbocycles. The van der Waals surface area contributed by atoms with E-state index in [0.717, 1.165) is 11.0 Å². The average molecular weight is 407 g/mol. The van der Waals surface area contributed by atoms with E-state index in [1.54, 1.807) is 0 Å². The number of carbonyl (C=O) groups excluding carboxylic acids is 1. The molecular formula is C21H22BN3O5. The third-order valence-corrected chi connectivity index (χ3v) is 5.79. The number of nitro groups is 1. The number of hydrogen-bond donors (Lipinski definition) is 1. The molecule has 30 heavy (non-hydrogen) atoms. The fourth-order valence-electron chi connectivity index (χ4n) is 3.38. The molecule has 1 saturated heterocycles. The van der Waals surface area contributed by atoms with Gasteiger partial charge < -0.3 is 14.6 Å². The van der Waals surface area contributed by atoms with Crippen LogP contribution in [0, 0.1) is 10.1 Å². The monoisotopic (exact) mass is 407 g/mol. The van der Waals surface area contributed by atoms with Crippen molar-refractivity contribution in [3.8, 4) is 0 Å². The van der Waals surface area contributed by atoms with Gasteiger partial charge in [-0.3, -0.25) is 19.9 Å². The van der Waals surface area contributed by atoms with Crippen LogP contribution in [-0.2, 0) is 14.1 Å². The lowest BCUT2D eigenvalue weighted by molar-refractivity contribution is -0.384. The smallest absolute Gasteiger partial charge is 0.399 e. The van der Waals surface area contributed by atoms with E-state index in [0.29, 0.717) is 17.1 Å². The molecule has 0 saturated carbocycles. The van der Waals surface area contributed by atoms with Gasteiger partial charge in [0.15, 0.2) is 0 Å². The number of carbonyl (C=O) groups is 1. The van der Waals surface area contributed by atoms with Crippen LogP contribution in [0.5, 0.6) is 0 Å². The molecule has 0 aromatic heterocycles. The first-order valence-electron chi connectivity index (χ1n) is 9.67. The van der Waals surface area contributed by atoms with Gasteiger partial charge in [0.25, 0.3) is 5.69 Å². The standard InChI is InChI=1S/C21H22BN3O5/c1-20(2)21(3,4)30-22(29-20)14-7-5-6-13(10-14)17-12-19(26)24-18-11-15(25(27)28)8-9-16(18)23-17/h5-11H,12H2,1-4H3,(H,24,26). The largest absolute Gasteiger partial charge is 0.494 e. The minimum Gasteiger partial charge on any atom is -0.399 e. The van der Waals surface area contributed by atoms with Crippen molar-refractivity contribution in [2.75, 3.05) is 5.32 Å². The van der Waals surface area contributed by atoms with E-state index < -0.39 is 23.2 Å². The molecular weight excluding hydrogens is 385 g/mol. The molecule has 2 aliphatic heterocycles. The van der Waals surface area contributed by atoms with Crippen LogP contribution >= 0.6 is 0 Å². The van der Waals surface area contributed by atoms with Gasteiger partial charge in [-0.15, -0.1) is 0 Å². The van der Waals surface area contributed by atoms with Crippen LogP contribution in [0.15, 0.2) is 47.5 Å². The molecule has 1 amide bonds. The summed E-state index contributed by atoms with van der Waals surface area (Å²) in [5.74, 6) is -0.283. The lowest BCUT2D eigenvalue weighted by atomic mass is 9.78. The average Bonchev–Trinajstić information content (AvgIpc) is 2.80. The normalized spacial score (nSPS) is 19.5. The molecule has 0 spiro atoms. The van der Waals surface area contributed by atoms with Gasteiger partial charge in [-0.2, -0.15) is 0 Å². The quantitative estimate of drug-likeness (QED) is 0.478. The zero-order chi connectivity index (χ0) is 21.7. The Kier molecular flexibility index (Phi) is 4.75. The van der Waals surface area contributed by atoms with Crippen molar-refractivity contribution in [3.63, 3.8) is 0 Å². The Morgan fingerprint density at radius 2 is 1.80 bits per heavy atom. The number of nitrogens with zero attached hydrogens (tertiary/aromatic N) is 2. The number of anilines is 1. The number of amides is 1. The summed E-state index contributed by atoms with van der Waals surface area (Å²) in [6, 6.07) is 11.8. The van der Waals surface area contributed by atoms with E-state index >= 15 is 0 Å². The van der Waals surface area contributed by atoms with Gasteiger partial charge >= 0.3 is 7.12 Å². The highest BCUT2D eigenvalue weighted by Crippen LogP contribution is 2.37. The Morgan fingerprint density at radius 1 is 1.10 bits per heavy atom. The fourth-order valence-corrected chi connectivity index (χ4v) is 3.38. The zero-order valence-electron chi connectivity index (χ0n) is 17.3. The van der Waals surface area contributed by atoms with Crippen molar-refractivity contribution < 1.29 is 19.0 Å². The molecule has 0 atom stereocenters. The molecule has 154 valence electrons. The maximum absolute atomic E-state index is 12.4. The zero-order valence-corrected chi connectivity index (χ0v) is 17.3. The first-order chi connectivity index (χ1) is 14.1. The summed E-state index contributed by atoms with van der Waals surface area (Å²) in [6.07, 6.45) is 0.0509. The summed E-state index contributed by atoms with van der Waals surface area (Å²) in [4.78, 5) is 27.5. The Bertz CT molecular complexity index is 1060. The summed E-state index contributed by atoms with van der Waals surface area (Å²) in [5.41, 5.74) is 1.95. The number of non-ortho nitro benzene ring substituents is 1. The van der Waals surface area contributed by atoms with E-state index in [-0.39, 0.29) is 18.0 Å². The van der Waals surface area contributed by atoms with Gasteiger partial charge in [-0.25, -0.2) is 0 Å². The molecule has 2 aliphatic rings. The minimum atomic E-state index is -0.523. The Morgan fingerprint density at radius 3 is 2.47 bits per heavy atom. The summed E-state index contributed by atoms with van der Waals surface area (Å²) in [6.45, 7) is 7.97. The van der Waals surface area contributed by atoms with Crippen molar-refractivity contribution in [2.24, 2.45) is 4.99 Å². The number of benzene rings is 2. The number of fused-ring (bicyclic) bond motifs is 1. The van der Waals surface area contributed by atoms with E-state index in [1.807, 2.05) is 52.0 Å². The summed E-state index contributed by atoms with van der Waals surface area (Å²) in [7, 11) is -0.523. The fraction of sp³-hybridized carbons (Fsp3) is 0.333. The van der Waals surface area contributed by atoms with Crippen LogP contribution in [0.3, 0.4) is 0 Å². The van der Waals surface area contributed by atoms with Gasteiger partial charge in [-0.05, 0) is 44.8 Å². The van der Waals surface area contributed by atoms with Crippen molar-refractivity contribution >= 4 is 41.3 Å². The lowest BCUT2D eigenvalue weighted by Gasteiger charge is -2.32. The highest BCUT2D eigenvalue weighted by Gasteiger charge is 2.51. The summed E-state index contributed by atoms with van der Waals surface area (Å²) < 4.78 is 12.2. The molecule has 1 N–H and O–H groups in total. The van der Waals surface area contributed by atoms with E-state index in [1.165, 1.54) is 18.2 Å². The number of hydrogen-bond acceptors (Lipinski definition) is 6. The van der Waals surface area contributed by atoms with E-state index in [2.05, 4.69) is 10.3 Å². The third-order valence-electron chi connectivity index (χ3n) is 5.79. The molecule has 9 heteroatoms. The predicted molar refractivity (Wildman–Crippen MR) is 115 cm³/mol. The second-order valence-electron chi connectivity index (χ2n) is 8.46. The molecule has 2 aromatic rings. The molecule has 0 bridgehead atoms. The number of nitro benzene ring substituents is 1. The number of aliphatic imine (C=N–C) groups is 1. The van der Waals surface area contributed by atoms with Crippen molar-refractivity contribution in [1.82, 2.24) is 0 Å². The van der Waals surface area contributed by atoms with Crippen molar-refractivity contribution in [1.29, 1.82) is 0 Å². The maximum atomic E-state index is 12.4. The van der Waals surface area contributed by atoms with Crippen molar-refractivity contribution in [3.05, 3.63) is 58.1 Å². The van der Waals surface area contributed by atoms with Crippen LogP contribution in [0.4, 0.5) is 17.1 Å². The van der Waals surface area contributed by atoms with Gasteiger partial charge in [0.05, 0.1) is 39.6 Å². The molecule has 8 nitrogen and oxygen atoms in total. The van der Waals surface area contributed by atoms with Crippen LogP contribution in [-0.4, -0.2) is 34.9 Å². The van der Waals surface area contributed by atoms with Crippen LogP contribution in [0.25, 0.3) is 0 Å². The predicted octanol–water partition coefficient (Wildman–Crippen LogP) is 3.36. The summed E-state index contributed by atoms with van der Waals surface area (Å²) in [5, 5.41) is 13.7. The minimum absolute atomic E-state index is 0.0509. The second kappa shape index (κ2) is 7.03. The molecule has 0 aliphatic carbocycles. The highest BCUT2D eigenvalue weighted by molar-refractivity contribution is 6.62. The van der Waals surface area contributed by atoms with Crippen LogP contribution in [0.2, 0.25) is 0 Å². The lowest BCUT2D eigenvalue weighted by Crippen LogP contribution is -2.41. The van der Waals surface area contributed by atoms with Crippen LogP contribution < -0.4 is 10.8 Å². The molecule has 4 rings (SSSR count). The van der Waals surface area contributed by atoms with Gasteiger partial charge in [0.1, 0.15) is 0 Å². The van der Waals surface area contributed by atoms with Gasteiger partial charge in [0.2, 0.25) is 5.91 Å². The molecule has 0 radical (unpaired) electrons. The van der Waals surface area contributed by atoms with Crippen molar-refractivity contribution in [2.45, 2.75) is 45.3 Å². The van der Waals surface area contributed by atoms with E-state index in [9.17, 15) is 14.9 Å². The molecule has 0 unspecified atom stereocenters. The van der Waals surface area contributed by atoms with Gasteiger partial charge in [-0.1, -0.05) is 24.3 Å². The Labute approximate surface area is 174 Å². The first kappa shape index (κ1) is 20.2. The Hall–Kier alpha value is -3.04. The molecule has 2 heterocycles. The highest BCUT2D eigenvalue weighted by atomic mass is 16.7. The number of rotatable bonds is 3. The van der Waals surface area contributed by atoms with E-state index in [4.69, 9.17) is 9.31 Å². The second-order valence-corrected chi connectivity index (χ2v) is 8.46.